The Hall–Kier alpha value is -7.80. The van der Waals surface area contributed by atoms with Crippen molar-refractivity contribution in [2.24, 2.45) is 0 Å². The van der Waals surface area contributed by atoms with Crippen LogP contribution in [0.15, 0.2) is 218 Å². The van der Waals surface area contributed by atoms with Gasteiger partial charge in [-0.3, -0.25) is 0 Å². The van der Waals surface area contributed by atoms with Crippen molar-refractivity contribution in [1.29, 1.82) is 0 Å². The highest BCUT2D eigenvalue weighted by molar-refractivity contribution is 6.27. The molecule has 0 saturated heterocycles. The molecule has 0 nitrogen and oxygen atoms in total. The lowest BCUT2D eigenvalue weighted by Crippen LogP contribution is -2.25. The molecule has 280 valence electrons. The molecular formula is C61H36. The monoisotopic (exact) mass is 768 g/mol. The highest BCUT2D eigenvalue weighted by atomic mass is 14.5. The molecule has 0 fully saturated rings. The molecular weight excluding hydrogens is 733 g/mol. The van der Waals surface area contributed by atoms with Gasteiger partial charge in [-0.25, -0.2) is 0 Å². The summed E-state index contributed by atoms with van der Waals surface area (Å²) in [5, 5.41) is 15.6. The molecule has 0 aliphatic heterocycles. The summed E-state index contributed by atoms with van der Waals surface area (Å²) in [5.41, 5.74) is 15.2. The highest BCUT2D eigenvalue weighted by Crippen LogP contribution is 2.64. The number of benzene rings is 12. The van der Waals surface area contributed by atoms with E-state index in [4.69, 9.17) is 0 Å². The summed E-state index contributed by atoms with van der Waals surface area (Å²) in [6.45, 7) is 0. The van der Waals surface area contributed by atoms with Gasteiger partial charge in [-0.2, -0.15) is 0 Å². The molecule has 0 saturated carbocycles. The van der Waals surface area contributed by atoms with Gasteiger partial charge in [0.2, 0.25) is 0 Å². The van der Waals surface area contributed by atoms with Crippen molar-refractivity contribution in [3.8, 4) is 44.5 Å². The lowest BCUT2D eigenvalue weighted by molar-refractivity contribution is 0.795. The van der Waals surface area contributed by atoms with Crippen LogP contribution < -0.4 is 0 Å². The van der Waals surface area contributed by atoms with Gasteiger partial charge in [0.15, 0.2) is 0 Å². The SMILES string of the molecule is c1cc(-c2ccc3c(c2)C2(c4ccccc4-c4ccccc42)c2cc4c5ccccc5c5ccccc5c4cc2-3)cc(-c2ccc3c4ccccc4c4ccccc4c3c2)c1. The van der Waals surface area contributed by atoms with Gasteiger partial charge in [-0.1, -0.05) is 188 Å². The van der Waals surface area contributed by atoms with Gasteiger partial charge < -0.3 is 0 Å². The second-order valence-electron chi connectivity index (χ2n) is 17.1. The van der Waals surface area contributed by atoms with E-state index in [2.05, 4.69) is 218 Å². The van der Waals surface area contributed by atoms with Gasteiger partial charge in [0.05, 0.1) is 5.41 Å². The fourth-order valence-electron chi connectivity index (χ4n) is 11.7. The van der Waals surface area contributed by atoms with Crippen LogP contribution in [-0.2, 0) is 5.41 Å². The summed E-state index contributed by atoms with van der Waals surface area (Å²) in [7, 11) is 0. The third-order valence-corrected chi connectivity index (χ3v) is 14.2. The van der Waals surface area contributed by atoms with Crippen LogP contribution in [0, 0.1) is 0 Å². The highest BCUT2D eigenvalue weighted by Gasteiger charge is 2.51. The fourth-order valence-corrected chi connectivity index (χ4v) is 11.7. The summed E-state index contributed by atoms with van der Waals surface area (Å²) in [6.07, 6.45) is 0. The van der Waals surface area contributed by atoms with Gasteiger partial charge >= 0.3 is 0 Å². The molecule has 12 aromatic rings. The molecule has 0 atom stereocenters. The van der Waals surface area contributed by atoms with Crippen molar-refractivity contribution < 1.29 is 0 Å². The number of rotatable bonds is 2. The zero-order valence-corrected chi connectivity index (χ0v) is 33.3. The molecule has 0 bridgehead atoms. The first-order chi connectivity index (χ1) is 30.3. The standard InChI is InChI=1S/C61H36/c1-2-20-45-41(16-1)42-17-3-6-21-46(42)53-33-39(28-30-49(45)53)37-14-13-15-38(32-37)40-29-31-52-56-35-54-47-22-7-4-18-43(47)44-19-5-8-23-48(44)55(54)36-60(56)61(59(52)34-40)57-26-11-9-24-50(57)51-25-10-12-27-58(51)61/h1-36H. The van der Waals surface area contributed by atoms with Crippen LogP contribution in [0.3, 0.4) is 0 Å². The van der Waals surface area contributed by atoms with Gasteiger partial charge in [0.25, 0.3) is 0 Å². The van der Waals surface area contributed by atoms with E-state index in [-0.39, 0.29) is 0 Å². The summed E-state index contributed by atoms with van der Waals surface area (Å²) in [5.74, 6) is 0. The number of fused-ring (bicyclic) bond motifs is 22. The van der Waals surface area contributed by atoms with Crippen molar-refractivity contribution >= 4 is 64.6 Å². The zero-order chi connectivity index (χ0) is 39.8. The van der Waals surface area contributed by atoms with Crippen LogP contribution in [0.4, 0.5) is 0 Å². The van der Waals surface area contributed by atoms with E-state index in [1.807, 2.05) is 0 Å². The van der Waals surface area contributed by atoms with Crippen LogP contribution in [-0.4, -0.2) is 0 Å². The van der Waals surface area contributed by atoms with Gasteiger partial charge in [-0.05, 0) is 162 Å². The Balaban J connectivity index is 1.01. The maximum atomic E-state index is 2.56. The Bertz CT molecular complexity index is 3800. The lowest BCUT2D eigenvalue weighted by atomic mass is 9.70. The topological polar surface area (TPSA) is 0 Å². The Kier molecular flexibility index (Phi) is 6.58. The van der Waals surface area contributed by atoms with Crippen LogP contribution in [0.1, 0.15) is 22.3 Å². The first-order valence-corrected chi connectivity index (χ1v) is 21.4. The second-order valence-corrected chi connectivity index (χ2v) is 17.1. The first-order valence-electron chi connectivity index (χ1n) is 21.4. The zero-order valence-electron chi connectivity index (χ0n) is 33.3. The van der Waals surface area contributed by atoms with Gasteiger partial charge in [0.1, 0.15) is 0 Å². The molecule has 0 radical (unpaired) electrons. The van der Waals surface area contributed by atoms with E-state index >= 15 is 0 Å². The Morgan fingerprint density at radius 1 is 0.180 bits per heavy atom. The summed E-state index contributed by atoms with van der Waals surface area (Å²) >= 11 is 0. The van der Waals surface area contributed by atoms with Crippen molar-refractivity contribution in [3.63, 3.8) is 0 Å². The number of hydrogen-bond acceptors (Lipinski definition) is 0. The number of hydrogen-bond donors (Lipinski definition) is 0. The van der Waals surface area contributed by atoms with E-state index in [1.54, 1.807) is 0 Å². The molecule has 0 heteroatoms. The quantitative estimate of drug-likeness (QED) is 0.154. The third kappa shape index (κ3) is 4.33. The molecule has 0 unspecified atom stereocenters. The second kappa shape index (κ2) is 12.1. The lowest BCUT2D eigenvalue weighted by Gasteiger charge is -2.31. The predicted molar refractivity (Wildman–Crippen MR) is 259 cm³/mol. The molecule has 2 aliphatic carbocycles. The Morgan fingerprint density at radius 3 is 1.08 bits per heavy atom. The first kappa shape index (κ1) is 33.1. The molecule has 14 rings (SSSR count). The summed E-state index contributed by atoms with van der Waals surface area (Å²) < 4.78 is 0. The van der Waals surface area contributed by atoms with Crippen LogP contribution in [0.25, 0.3) is 109 Å². The van der Waals surface area contributed by atoms with Crippen LogP contribution in [0.5, 0.6) is 0 Å². The van der Waals surface area contributed by atoms with E-state index in [0.29, 0.717) is 0 Å². The molecule has 12 aromatic carbocycles. The molecule has 0 aromatic heterocycles. The fraction of sp³-hybridized carbons (Fsp3) is 0.0164. The smallest absolute Gasteiger partial charge is 0.0619 e. The minimum Gasteiger partial charge on any atom is -0.0619 e. The largest absolute Gasteiger partial charge is 0.0725 e. The van der Waals surface area contributed by atoms with E-state index in [0.717, 1.165) is 0 Å². The normalized spacial score (nSPS) is 13.4. The minimum absolute atomic E-state index is 0.464. The minimum atomic E-state index is -0.464. The van der Waals surface area contributed by atoms with E-state index in [1.165, 1.54) is 131 Å². The molecule has 0 amide bonds. The Morgan fingerprint density at radius 2 is 0.541 bits per heavy atom. The average Bonchev–Trinajstić information content (AvgIpc) is 3.80. The predicted octanol–water partition coefficient (Wildman–Crippen LogP) is 16.3. The van der Waals surface area contributed by atoms with Crippen LogP contribution >= 0.6 is 0 Å². The maximum Gasteiger partial charge on any atom is 0.0725 e. The average molecular weight is 769 g/mol. The van der Waals surface area contributed by atoms with Crippen molar-refractivity contribution in [2.75, 3.05) is 0 Å². The van der Waals surface area contributed by atoms with Crippen molar-refractivity contribution in [3.05, 3.63) is 241 Å². The maximum absolute atomic E-state index is 2.56. The molecule has 2 aliphatic rings. The van der Waals surface area contributed by atoms with E-state index in [9.17, 15) is 0 Å². The van der Waals surface area contributed by atoms with Crippen molar-refractivity contribution in [1.82, 2.24) is 0 Å². The third-order valence-electron chi connectivity index (χ3n) is 14.2. The van der Waals surface area contributed by atoms with Crippen molar-refractivity contribution in [2.45, 2.75) is 5.41 Å². The summed E-state index contributed by atoms with van der Waals surface area (Å²) in [4.78, 5) is 0. The van der Waals surface area contributed by atoms with Gasteiger partial charge in [-0.15, -0.1) is 0 Å². The summed E-state index contributed by atoms with van der Waals surface area (Å²) in [6, 6.07) is 82.5. The molecule has 61 heavy (non-hydrogen) atoms. The molecule has 0 N–H and O–H groups in total. The molecule has 0 heterocycles. The van der Waals surface area contributed by atoms with Gasteiger partial charge in [0, 0.05) is 0 Å². The molecule has 1 spiro atoms. The van der Waals surface area contributed by atoms with Crippen LogP contribution in [0.2, 0.25) is 0 Å². The Labute approximate surface area is 353 Å². The van der Waals surface area contributed by atoms with E-state index < -0.39 is 5.41 Å².